The average Bonchev–Trinajstić information content (AvgIpc) is 3.69. The number of nitrogens with one attached hydrogen (secondary N) is 5. The van der Waals surface area contributed by atoms with Gasteiger partial charge in [0.05, 0.1) is 47.8 Å². The third-order valence-electron chi connectivity index (χ3n) is 7.37. The molecule has 3 aromatic rings. The van der Waals surface area contributed by atoms with Crippen molar-refractivity contribution in [2.24, 2.45) is 5.92 Å². The van der Waals surface area contributed by atoms with Gasteiger partial charge in [0.15, 0.2) is 0 Å². The molecule has 2 heterocycles. The number of methoxy groups -OCH3 is 1. The number of aromatic nitrogens is 2. The van der Waals surface area contributed by atoms with Gasteiger partial charge in [-0.25, -0.2) is 18.2 Å². The van der Waals surface area contributed by atoms with Crippen LogP contribution in [0.2, 0.25) is 0 Å². The van der Waals surface area contributed by atoms with Crippen LogP contribution in [0.15, 0.2) is 53.4 Å². The molecule has 0 bridgehead atoms. The van der Waals surface area contributed by atoms with Crippen LogP contribution >= 0.6 is 0 Å². The summed E-state index contributed by atoms with van der Waals surface area (Å²) >= 11 is 0. The van der Waals surface area contributed by atoms with Gasteiger partial charge in [-0.2, -0.15) is 4.31 Å². The predicted octanol–water partition coefficient (Wildman–Crippen LogP) is 1.34. The maximum absolute atomic E-state index is 13.9. The van der Waals surface area contributed by atoms with Gasteiger partial charge in [-0.1, -0.05) is 44.2 Å². The summed E-state index contributed by atoms with van der Waals surface area (Å²) in [6.45, 7) is 4.00. The third-order valence-corrected chi connectivity index (χ3v) is 9.19. The van der Waals surface area contributed by atoms with Crippen LogP contribution in [-0.4, -0.2) is 97.2 Å². The fourth-order valence-corrected chi connectivity index (χ4v) is 6.78. The van der Waals surface area contributed by atoms with Crippen molar-refractivity contribution in [2.75, 3.05) is 38.6 Å². The number of aromatic amines is 1. The summed E-state index contributed by atoms with van der Waals surface area (Å²) in [5, 5.41) is 22.4. The Bertz CT molecular complexity index is 1570. The Hall–Kier alpha value is -4.05. The highest BCUT2D eigenvalue weighted by atomic mass is 32.2. The molecule has 2 aromatic carbocycles. The lowest BCUT2D eigenvalue weighted by molar-refractivity contribution is -0.127. The minimum Gasteiger partial charge on any atom is -0.453 e. The van der Waals surface area contributed by atoms with E-state index < -0.39 is 34.2 Å². The van der Waals surface area contributed by atoms with E-state index in [1.807, 2.05) is 44.2 Å². The van der Waals surface area contributed by atoms with E-state index in [4.69, 9.17) is 0 Å². The van der Waals surface area contributed by atoms with Crippen LogP contribution in [0.1, 0.15) is 32.3 Å². The molecule has 244 valence electrons. The van der Waals surface area contributed by atoms with Crippen LogP contribution < -0.4 is 21.3 Å². The Morgan fingerprint density at radius 2 is 1.89 bits per heavy atom. The summed E-state index contributed by atoms with van der Waals surface area (Å²) < 4.78 is 33.6. The van der Waals surface area contributed by atoms with Crippen molar-refractivity contribution < 1.29 is 32.6 Å². The fraction of sp³-hybridized carbons (Fsp3) is 0.467. The zero-order valence-corrected chi connectivity index (χ0v) is 26.4. The third kappa shape index (κ3) is 9.23. The van der Waals surface area contributed by atoms with Crippen molar-refractivity contribution >= 4 is 44.9 Å². The molecule has 1 aliphatic rings. The molecule has 0 radical (unpaired) electrons. The minimum atomic E-state index is -4.13. The summed E-state index contributed by atoms with van der Waals surface area (Å²) in [4.78, 5) is 43.9. The van der Waals surface area contributed by atoms with E-state index in [1.165, 1.54) is 29.6 Å². The van der Waals surface area contributed by atoms with Gasteiger partial charge < -0.3 is 30.8 Å². The van der Waals surface area contributed by atoms with Gasteiger partial charge in [-0.3, -0.25) is 14.9 Å². The fourth-order valence-electron chi connectivity index (χ4n) is 5.13. The summed E-state index contributed by atoms with van der Waals surface area (Å²) in [7, 11) is -2.92. The van der Waals surface area contributed by atoms with Gasteiger partial charge in [0.1, 0.15) is 0 Å². The van der Waals surface area contributed by atoms with Gasteiger partial charge in [-0.05, 0) is 55.5 Å². The molecule has 0 unspecified atom stereocenters. The molecule has 1 fully saturated rings. The highest BCUT2D eigenvalue weighted by Crippen LogP contribution is 2.24. The summed E-state index contributed by atoms with van der Waals surface area (Å²) in [6, 6.07) is 12.4. The van der Waals surface area contributed by atoms with E-state index in [9.17, 15) is 27.9 Å². The van der Waals surface area contributed by atoms with E-state index >= 15 is 0 Å². The maximum Gasteiger partial charge on any atom is 0.413 e. The molecular formula is C30H41N7O7S. The standard InChI is InChI=1S/C30H41N7O7S/c1-19(2)17-37(45(42,43)21-11-12-22-24(15-21)35-29(34-22)36-30(41)44-3)18-26(38)25(14-20-8-5-4-6-9-20)33-27(39)16-32-28(40)23-10-7-13-31-23/h4-6,8-9,11-12,15,19,23,25-26,31,38H,7,10,13-14,16-18H2,1-3H3,(H,32,40)(H,33,39)(H2,34,35,36,41)/t23-,25-,26+/m0/s1. The number of hydrogen-bond donors (Lipinski definition) is 6. The van der Waals surface area contributed by atoms with Crippen LogP contribution in [0.4, 0.5) is 10.7 Å². The number of anilines is 1. The predicted molar refractivity (Wildman–Crippen MR) is 168 cm³/mol. The highest BCUT2D eigenvalue weighted by molar-refractivity contribution is 7.89. The van der Waals surface area contributed by atoms with Crippen LogP contribution in [0.3, 0.4) is 0 Å². The molecule has 3 amide bonds. The van der Waals surface area contributed by atoms with Crippen LogP contribution in [0.25, 0.3) is 11.0 Å². The van der Waals surface area contributed by atoms with E-state index in [2.05, 4.69) is 36.0 Å². The molecule has 1 saturated heterocycles. The Labute approximate surface area is 262 Å². The molecule has 4 rings (SSSR count). The number of sulfonamides is 1. The zero-order chi connectivity index (χ0) is 32.6. The zero-order valence-electron chi connectivity index (χ0n) is 25.6. The quantitative estimate of drug-likeness (QED) is 0.150. The Balaban J connectivity index is 1.53. The van der Waals surface area contributed by atoms with E-state index in [0.717, 1.165) is 18.5 Å². The topological polar surface area (TPSA) is 195 Å². The van der Waals surface area contributed by atoms with Crippen LogP contribution in [0.5, 0.6) is 0 Å². The van der Waals surface area contributed by atoms with Gasteiger partial charge in [0.25, 0.3) is 0 Å². The summed E-state index contributed by atoms with van der Waals surface area (Å²) in [5.74, 6) is -0.753. The number of fused-ring (bicyclic) bond motifs is 1. The van der Waals surface area contributed by atoms with Crippen molar-refractivity contribution in [3.05, 3.63) is 54.1 Å². The molecule has 0 spiro atoms. The smallest absolute Gasteiger partial charge is 0.413 e. The average molecular weight is 644 g/mol. The number of imidazole rings is 1. The first kappa shape index (κ1) is 33.8. The lowest BCUT2D eigenvalue weighted by atomic mass is 10.0. The van der Waals surface area contributed by atoms with Crippen molar-refractivity contribution in [1.29, 1.82) is 0 Å². The number of hydrogen-bond acceptors (Lipinski definition) is 9. The molecule has 14 nitrogen and oxygen atoms in total. The summed E-state index contributed by atoms with van der Waals surface area (Å²) in [5.41, 5.74) is 1.63. The number of rotatable bonds is 14. The number of aliphatic hydroxyl groups is 1. The van der Waals surface area contributed by atoms with Crippen molar-refractivity contribution in [1.82, 2.24) is 30.2 Å². The lowest BCUT2D eigenvalue weighted by Gasteiger charge is -2.31. The van der Waals surface area contributed by atoms with Gasteiger partial charge in [0, 0.05) is 13.1 Å². The largest absolute Gasteiger partial charge is 0.453 e. The van der Waals surface area contributed by atoms with E-state index in [0.29, 0.717) is 17.5 Å². The number of ether oxygens (including phenoxy) is 1. The number of amides is 3. The first-order valence-electron chi connectivity index (χ1n) is 14.8. The molecule has 45 heavy (non-hydrogen) atoms. The second kappa shape index (κ2) is 15.3. The number of benzene rings is 2. The van der Waals surface area contributed by atoms with Crippen molar-refractivity contribution in [3.63, 3.8) is 0 Å². The molecular weight excluding hydrogens is 602 g/mol. The van der Waals surface area contributed by atoms with Crippen LogP contribution in [-0.2, 0) is 30.8 Å². The second-order valence-electron chi connectivity index (χ2n) is 11.4. The molecule has 1 aliphatic heterocycles. The number of carbonyl (C=O) groups is 3. The van der Waals surface area contributed by atoms with E-state index in [-0.39, 0.29) is 54.8 Å². The molecule has 15 heteroatoms. The van der Waals surface area contributed by atoms with Crippen molar-refractivity contribution in [2.45, 2.75) is 56.2 Å². The van der Waals surface area contributed by atoms with Crippen LogP contribution in [0, 0.1) is 5.92 Å². The van der Waals surface area contributed by atoms with Crippen molar-refractivity contribution in [3.8, 4) is 0 Å². The lowest BCUT2D eigenvalue weighted by Crippen LogP contribution is -2.53. The number of aliphatic hydroxyl groups excluding tert-OH is 1. The van der Waals surface area contributed by atoms with Gasteiger partial charge in [-0.15, -0.1) is 0 Å². The maximum atomic E-state index is 13.9. The summed E-state index contributed by atoms with van der Waals surface area (Å²) in [6.07, 6.45) is -0.209. The monoisotopic (exact) mass is 643 g/mol. The second-order valence-corrected chi connectivity index (χ2v) is 13.3. The highest BCUT2D eigenvalue weighted by Gasteiger charge is 2.32. The first-order valence-corrected chi connectivity index (χ1v) is 16.3. The Kier molecular flexibility index (Phi) is 11.5. The van der Waals surface area contributed by atoms with E-state index in [1.54, 1.807) is 0 Å². The SMILES string of the molecule is COC(=O)Nc1nc2ccc(S(=O)(=O)N(CC(C)C)C[C@@H](O)[C@H](Cc3ccccc3)NC(=O)CNC(=O)[C@@H]3CCCN3)cc2[nH]1. The molecule has 3 atom stereocenters. The number of H-pyrrole nitrogens is 1. The van der Waals surface area contributed by atoms with Gasteiger partial charge >= 0.3 is 6.09 Å². The van der Waals surface area contributed by atoms with Gasteiger partial charge in [0.2, 0.25) is 27.8 Å². The molecule has 6 N–H and O–H groups in total. The number of carbonyl (C=O) groups excluding carboxylic acids is 3. The molecule has 0 aliphatic carbocycles. The number of nitrogens with zero attached hydrogens (tertiary/aromatic N) is 2. The molecule has 1 aromatic heterocycles. The first-order chi connectivity index (χ1) is 21.5. The normalized spacial score (nSPS) is 16.4. The minimum absolute atomic E-state index is 0.0389. The molecule has 0 saturated carbocycles. The Morgan fingerprint density at radius 1 is 1.13 bits per heavy atom. The Morgan fingerprint density at radius 3 is 2.56 bits per heavy atom.